The van der Waals surface area contributed by atoms with Crippen LogP contribution in [0.5, 0.6) is 0 Å². The second kappa shape index (κ2) is 6.45. The van der Waals surface area contributed by atoms with Crippen molar-refractivity contribution in [3.63, 3.8) is 0 Å². The zero-order valence-corrected chi connectivity index (χ0v) is 13.6. The van der Waals surface area contributed by atoms with Crippen molar-refractivity contribution in [1.29, 1.82) is 0 Å². The second-order valence-electron chi connectivity index (χ2n) is 5.66. The molecule has 0 aromatic carbocycles. The van der Waals surface area contributed by atoms with Crippen LogP contribution in [0.3, 0.4) is 0 Å². The smallest absolute Gasteiger partial charge is 0.267 e. The monoisotopic (exact) mass is 334 g/mol. The molecular weight excluding hydrogens is 316 g/mol. The molecular formula is C14H18N6O2S. The van der Waals surface area contributed by atoms with Crippen LogP contribution in [-0.4, -0.2) is 48.9 Å². The van der Waals surface area contributed by atoms with Crippen LogP contribution in [0.15, 0.2) is 12.4 Å². The Kier molecular flexibility index (Phi) is 4.37. The van der Waals surface area contributed by atoms with Gasteiger partial charge >= 0.3 is 0 Å². The minimum atomic E-state index is -0.403. The molecule has 0 aliphatic carbocycles. The molecule has 2 aromatic rings. The third-order valence-electron chi connectivity index (χ3n) is 3.99. The first kappa shape index (κ1) is 15.6. The molecule has 0 unspecified atom stereocenters. The molecule has 2 N–H and O–H groups in total. The van der Waals surface area contributed by atoms with E-state index in [0.717, 1.165) is 30.2 Å². The molecule has 1 atom stereocenters. The van der Waals surface area contributed by atoms with Crippen molar-refractivity contribution >= 4 is 23.3 Å². The predicted molar refractivity (Wildman–Crippen MR) is 83.9 cm³/mol. The Morgan fingerprint density at radius 3 is 3.00 bits per heavy atom. The summed E-state index contributed by atoms with van der Waals surface area (Å²) < 4.78 is 5.59. The van der Waals surface area contributed by atoms with Crippen molar-refractivity contribution in [1.82, 2.24) is 24.0 Å². The normalized spacial score (nSPS) is 18.1. The lowest BCUT2D eigenvalue weighted by Crippen LogP contribution is -2.40. The fourth-order valence-corrected chi connectivity index (χ4v) is 3.55. The molecule has 0 bridgehead atoms. The number of aryl methyl sites for hydroxylation is 1. The topological polar surface area (TPSA) is 107 Å². The number of amides is 2. The van der Waals surface area contributed by atoms with Gasteiger partial charge in [-0.2, -0.15) is 0 Å². The summed E-state index contributed by atoms with van der Waals surface area (Å²) in [4.78, 5) is 30.5. The van der Waals surface area contributed by atoms with E-state index < -0.39 is 5.91 Å². The minimum Gasteiger partial charge on any atom is -0.368 e. The van der Waals surface area contributed by atoms with Gasteiger partial charge in [0.25, 0.3) is 5.91 Å². The molecule has 1 saturated heterocycles. The highest BCUT2D eigenvalue weighted by atomic mass is 32.1. The van der Waals surface area contributed by atoms with Crippen molar-refractivity contribution in [2.45, 2.75) is 32.2 Å². The van der Waals surface area contributed by atoms with Crippen molar-refractivity contribution in [3.05, 3.63) is 28.8 Å². The van der Waals surface area contributed by atoms with Crippen molar-refractivity contribution in [3.8, 4) is 0 Å². The van der Waals surface area contributed by atoms with Gasteiger partial charge in [0.1, 0.15) is 17.2 Å². The number of hydrogen-bond donors (Lipinski definition) is 1. The molecule has 3 rings (SSSR count). The lowest BCUT2D eigenvalue weighted by Gasteiger charge is -2.32. The molecule has 0 saturated carbocycles. The average molecular weight is 334 g/mol. The quantitative estimate of drug-likeness (QED) is 0.878. The number of primary amides is 1. The minimum absolute atomic E-state index is 0.0322. The highest BCUT2D eigenvalue weighted by molar-refractivity contribution is 7.07. The van der Waals surface area contributed by atoms with E-state index >= 15 is 0 Å². The van der Waals surface area contributed by atoms with E-state index in [9.17, 15) is 9.59 Å². The van der Waals surface area contributed by atoms with Crippen LogP contribution in [0, 0.1) is 6.92 Å². The number of likely N-dealkylation sites (tertiary alicyclic amines) is 1. The molecule has 2 aromatic heterocycles. The summed E-state index contributed by atoms with van der Waals surface area (Å²) in [6, 6.07) is 0. The SMILES string of the molecule is Cc1nnsc1C(=O)N1CCC[C@H](c2nccn2CC(N)=O)C1. The first-order chi connectivity index (χ1) is 11.1. The number of piperidine rings is 1. The van der Waals surface area contributed by atoms with Crippen LogP contribution in [0.1, 0.15) is 39.9 Å². The first-order valence-corrected chi connectivity index (χ1v) is 8.21. The number of imidazole rings is 1. The molecule has 2 amide bonds. The van der Waals surface area contributed by atoms with Crippen LogP contribution in [0.25, 0.3) is 0 Å². The maximum absolute atomic E-state index is 12.6. The lowest BCUT2D eigenvalue weighted by molar-refractivity contribution is -0.118. The van der Waals surface area contributed by atoms with Gasteiger partial charge in [-0.3, -0.25) is 9.59 Å². The molecule has 9 heteroatoms. The Morgan fingerprint density at radius 2 is 2.30 bits per heavy atom. The van der Waals surface area contributed by atoms with Crippen LogP contribution in [-0.2, 0) is 11.3 Å². The van der Waals surface area contributed by atoms with Gasteiger partial charge in [-0.1, -0.05) is 4.49 Å². The number of carbonyl (C=O) groups excluding carboxylic acids is 2. The van der Waals surface area contributed by atoms with Gasteiger partial charge in [0, 0.05) is 31.4 Å². The number of carbonyl (C=O) groups is 2. The molecule has 23 heavy (non-hydrogen) atoms. The standard InChI is InChI=1S/C14H18N6O2S/c1-9-12(23-18-17-9)14(22)20-5-2-3-10(7-20)13-16-4-6-19(13)8-11(15)21/h4,6,10H,2-3,5,7-8H2,1H3,(H2,15,21)/t10-/m0/s1. The molecule has 1 aliphatic rings. The third kappa shape index (κ3) is 3.24. The number of hydrogen-bond acceptors (Lipinski definition) is 6. The van der Waals surface area contributed by atoms with Gasteiger partial charge in [-0.05, 0) is 31.3 Å². The largest absolute Gasteiger partial charge is 0.368 e. The molecule has 8 nitrogen and oxygen atoms in total. The summed E-state index contributed by atoms with van der Waals surface area (Å²) in [5.74, 6) is 0.471. The van der Waals surface area contributed by atoms with Gasteiger partial charge in [-0.15, -0.1) is 5.10 Å². The van der Waals surface area contributed by atoms with Crippen molar-refractivity contribution in [2.75, 3.05) is 13.1 Å². The van der Waals surface area contributed by atoms with Crippen LogP contribution < -0.4 is 5.73 Å². The molecule has 1 aliphatic heterocycles. The second-order valence-corrected chi connectivity index (χ2v) is 6.41. The van der Waals surface area contributed by atoms with Crippen LogP contribution >= 0.6 is 11.5 Å². The maximum Gasteiger partial charge on any atom is 0.267 e. The molecule has 3 heterocycles. The van der Waals surface area contributed by atoms with E-state index in [2.05, 4.69) is 14.6 Å². The Balaban J connectivity index is 1.76. The molecule has 0 spiro atoms. The Labute approximate surface area is 137 Å². The number of nitrogens with zero attached hydrogens (tertiary/aromatic N) is 5. The van der Waals surface area contributed by atoms with E-state index in [4.69, 9.17) is 5.73 Å². The summed E-state index contributed by atoms with van der Waals surface area (Å²) in [6.45, 7) is 3.19. The average Bonchev–Trinajstić information content (AvgIpc) is 3.15. The summed E-state index contributed by atoms with van der Waals surface area (Å²) >= 11 is 1.13. The molecule has 1 fully saturated rings. The summed E-state index contributed by atoms with van der Waals surface area (Å²) in [6.07, 6.45) is 5.24. The number of nitrogens with two attached hydrogens (primary N) is 1. The van der Waals surface area contributed by atoms with Gasteiger partial charge in [0.15, 0.2) is 0 Å². The Morgan fingerprint density at radius 1 is 1.48 bits per heavy atom. The Hall–Kier alpha value is -2.29. The van der Waals surface area contributed by atoms with E-state index in [-0.39, 0.29) is 18.4 Å². The maximum atomic E-state index is 12.6. The fraction of sp³-hybridized carbons (Fsp3) is 0.500. The van der Waals surface area contributed by atoms with E-state index in [0.29, 0.717) is 23.7 Å². The van der Waals surface area contributed by atoms with Gasteiger partial charge < -0.3 is 15.2 Å². The van der Waals surface area contributed by atoms with Crippen molar-refractivity contribution < 1.29 is 9.59 Å². The van der Waals surface area contributed by atoms with Gasteiger partial charge in [0.2, 0.25) is 5.91 Å². The summed E-state index contributed by atoms with van der Waals surface area (Å²) in [7, 11) is 0. The van der Waals surface area contributed by atoms with E-state index in [1.54, 1.807) is 23.9 Å². The highest BCUT2D eigenvalue weighted by Crippen LogP contribution is 2.27. The van der Waals surface area contributed by atoms with Crippen LogP contribution in [0.4, 0.5) is 0 Å². The fourth-order valence-electron chi connectivity index (χ4n) is 2.93. The zero-order chi connectivity index (χ0) is 16.4. The van der Waals surface area contributed by atoms with E-state index in [1.807, 2.05) is 4.90 Å². The third-order valence-corrected chi connectivity index (χ3v) is 4.81. The van der Waals surface area contributed by atoms with Crippen molar-refractivity contribution in [2.24, 2.45) is 5.73 Å². The first-order valence-electron chi connectivity index (χ1n) is 7.44. The Bertz CT molecular complexity index is 724. The highest BCUT2D eigenvalue weighted by Gasteiger charge is 2.29. The van der Waals surface area contributed by atoms with Crippen LogP contribution in [0.2, 0.25) is 0 Å². The van der Waals surface area contributed by atoms with E-state index in [1.165, 1.54) is 0 Å². The number of aromatic nitrogens is 4. The lowest BCUT2D eigenvalue weighted by atomic mass is 9.97. The van der Waals surface area contributed by atoms with Gasteiger partial charge in [0.05, 0.1) is 5.69 Å². The molecule has 0 radical (unpaired) electrons. The predicted octanol–water partition coefficient (Wildman–Crippen LogP) is 0.548. The summed E-state index contributed by atoms with van der Waals surface area (Å²) in [5, 5.41) is 3.90. The number of rotatable bonds is 4. The molecule has 122 valence electrons. The van der Waals surface area contributed by atoms with Gasteiger partial charge in [-0.25, -0.2) is 4.98 Å². The summed E-state index contributed by atoms with van der Waals surface area (Å²) in [5.41, 5.74) is 5.94. The zero-order valence-electron chi connectivity index (χ0n) is 12.8.